The molecule has 3 heteroatoms. The predicted octanol–water partition coefficient (Wildman–Crippen LogP) is 2.12. The summed E-state index contributed by atoms with van der Waals surface area (Å²) in [7, 11) is 1.75. The van der Waals surface area contributed by atoms with Gasteiger partial charge in [0.15, 0.2) is 0 Å². The van der Waals surface area contributed by atoms with Gasteiger partial charge in [-0.1, -0.05) is 25.7 Å². The fourth-order valence-electron chi connectivity index (χ4n) is 3.18. The van der Waals surface area contributed by atoms with Crippen LogP contribution in [-0.4, -0.2) is 37.1 Å². The van der Waals surface area contributed by atoms with Gasteiger partial charge in [0, 0.05) is 19.6 Å². The molecule has 2 aliphatic rings. The van der Waals surface area contributed by atoms with Gasteiger partial charge in [-0.3, -0.25) is 0 Å². The molecule has 1 aliphatic carbocycles. The van der Waals surface area contributed by atoms with Crippen LogP contribution in [0.2, 0.25) is 0 Å². The third-order valence-electron chi connectivity index (χ3n) is 4.31. The van der Waals surface area contributed by atoms with Crippen molar-refractivity contribution in [3.63, 3.8) is 0 Å². The Morgan fingerprint density at radius 1 is 1.25 bits per heavy atom. The Hall–Kier alpha value is -0.120. The van der Waals surface area contributed by atoms with Gasteiger partial charge < -0.3 is 14.6 Å². The standard InChI is InChI=1S/C13H24O3/c1-15-13(7-4-2-3-5-8-13)12(14)11-6-9-16-10-11/h11-12,14H,2-10H2,1H3. The van der Waals surface area contributed by atoms with Crippen molar-refractivity contribution in [2.45, 2.75) is 56.7 Å². The number of hydrogen-bond donors (Lipinski definition) is 1. The first kappa shape index (κ1) is 12.3. The summed E-state index contributed by atoms with van der Waals surface area (Å²) in [5.74, 6) is 0.276. The van der Waals surface area contributed by atoms with E-state index in [4.69, 9.17) is 9.47 Å². The molecule has 1 saturated carbocycles. The maximum Gasteiger partial charge on any atom is 0.0940 e. The van der Waals surface area contributed by atoms with Crippen LogP contribution in [0.1, 0.15) is 44.9 Å². The van der Waals surface area contributed by atoms with Crippen molar-refractivity contribution in [3.05, 3.63) is 0 Å². The molecule has 1 saturated heterocycles. The van der Waals surface area contributed by atoms with Crippen LogP contribution in [-0.2, 0) is 9.47 Å². The number of methoxy groups -OCH3 is 1. The van der Waals surface area contributed by atoms with Crippen LogP contribution in [0.5, 0.6) is 0 Å². The van der Waals surface area contributed by atoms with Crippen molar-refractivity contribution in [1.82, 2.24) is 0 Å². The SMILES string of the molecule is COC1(C(O)C2CCOC2)CCCCCC1. The van der Waals surface area contributed by atoms with Crippen molar-refractivity contribution in [3.8, 4) is 0 Å². The van der Waals surface area contributed by atoms with Crippen molar-refractivity contribution >= 4 is 0 Å². The lowest BCUT2D eigenvalue weighted by atomic mass is 9.81. The molecule has 1 heterocycles. The number of hydrogen-bond acceptors (Lipinski definition) is 3. The van der Waals surface area contributed by atoms with Gasteiger partial charge >= 0.3 is 0 Å². The Bertz CT molecular complexity index is 203. The lowest BCUT2D eigenvalue weighted by Crippen LogP contribution is -2.48. The van der Waals surface area contributed by atoms with Crippen molar-refractivity contribution < 1.29 is 14.6 Å². The second-order valence-electron chi connectivity index (χ2n) is 5.25. The minimum Gasteiger partial charge on any atom is -0.390 e. The lowest BCUT2D eigenvalue weighted by molar-refractivity contribution is -0.132. The van der Waals surface area contributed by atoms with E-state index in [9.17, 15) is 5.11 Å². The summed E-state index contributed by atoms with van der Waals surface area (Å²) in [6, 6.07) is 0. The molecule has 2 atom stereocenters. The lowest BCUT2D eigenvalue weighted by Gasteiger charge is -2.38. The van der Waals surface area contributed by atoms with E-state index in [1.165, 1.54) is 25.7 Å². The van der Waals surface area contributed by atoms with Crippen molar-refractivity contribution in [2.24, 2.45) is 5.92 Å². The van der Waals surface area contributed by atoms with Crippen LogP contribution in [0.4, 0.5) is 0 Å². The maximum atomic E-state index is 10.5. The normalized spacial score (nSPS) is 32.2. The molecule has 0 radical (unpaired) electrons. The molecule has 0 aromatic carbocycles. The average Bonchev–Trinajstić information content (AvgIpc) is 2.73. The first-order valence-electron chi connectivity index (χ1n) is 6.59. The van der Waals surface area contributed by atoms with Gasteiger partial charge in [-0.25, -0.2) is 0 Å². The van der Waals surface area contributed by atoms with Gasteiger partial charge in [-0.05, 0) is 19.3 Å². The molecule has 0 bridgehead atoms. The van der Waals surface area contributed by atoms with Crippen LogP contribution in [0.25, 0.3) is 0 Å². The van der Waals surface area contributed by atoms with E-state index in [0.717, 1.165) is 25.9 Å². The zero-order valence-electron chi connectivity index (χ0n) is 10.3. The molecular formula is C13H24O3. The van der Waals surface area contributed by atoms with Crippen LogP contribution in [0, 0.1) is 5.92 Å². The van der Waals surface area contributed by atoms with E-state index in [-0.39, 0.29) is 17.6 Å². The molecule has 2 fully saturated rings. The van der Waals surface area contributed by atoms with E-state index in [0.29, 0.717) is 6.61 Å². The van der Waals surface area contributed by atoms with E-state index >= 15 is 0 Å². The minimum absolute atomic E-state index is 0.276. The number of aliphatic hydroxyl groups is 1. The zero-order valence-corrected chi connectivity index (χ0v) is 10.3. The zero-order chi connectivity index (χ0) is 11.4. The molecule has 2 rings (SSSR count). The number of rotatable bonds is 3. The quantitative estimate of drug-likeness (QED) is 0.752. The summed E-state index contributed by atoms with van der Waals surface area (Å²) >= 11 is 0. The average molecular weight is 228 g/mol. The summed E-state index contributed by atoms with van der Waals surface area (Å²) in [5, 5.41) is 10.5. The first-order valence-corrected chi connectivity index (χ1v) is 6.59. The Balaban J connectivity index is 2.05. The fraction of sp³-hybridized carbons (Fsp3) is 1.00. The minimum atomic E-state index is -0.349. The van der Waals surface area contributed by atoms with Crippen molar-refractivity contribution in [1.29, 1.82) is 0 Å². The summed E-state index contributed by atoms with van der Waals surface area (Å²) in [5.41, 5.74) is -0.297. The van der Waals surface area contributed by atoms with Gasteiger partial charge in [0.1, 0.15) is 0 Å². The first-order chi connectivity index (χ1) is 7.78. The summed E-state index contributed by atoms with van der Waals surface area (Å²) in [4.78, 5) is 0. The largest absolute Gasteiger partial charge is 0.390 e. The van der Waals surface area contributed by atoms with E-state index < -0.39 is 0 Å². The summed E-state index contributed by atoms with van der Waals surface area (Å²) in [6.07, 6.45) is 7.54. The highest BCUT2D eigenvalue weighted by molar-refractivity contribution is 4.94. The van der Waals surface area contributed by atoms with Crippen LogP contribution in [0.3, 0.4) is 0 Å². The molecule has 1 N–H and O–H groups in total. The number of ether oxygens (including phenoxy) is 2. The molecule has 94 valence electrons. The highest BCUT2D eigenvalue weighted by Crippen LogP contribution is 2.37. The van der Waals surface area contributed by atoms with Crippen LogP contribution < -0.4 is 0 Å². The predicted molar refractivity (Wildman–Crippen MR) is 62.4 cm³/mol. The fourth-order valence-corrected chi connectivity index (χ4v) is 3.18. The van der Waals surface area contributed by atoms with E-state index in [2.05, 4.69) is 0 Å². The van der Waals surface area contributed by atoms with E-state index in [1.807, 2.05) is 0 Å². The molecule has 0 aromatic rings. The third-order valence-corrected chi connectivity index (χ3v) is 4.31. The second kappa shape index (κ2) is 5.48. The maximum absolute atomic E-state index is 10.5. The van der Waals surface area contributed by atoms with Gasteiger partial charge in [0.2, 0.25) is 0 Å². The molecule has 3 nitrogen and oxygen atoms in total. The van der Waals surface area contributed by atoms with Crippen LogP contribution >= 0.6 is 0 Å². The smallest absolute Gasteiger partial charge is 0.0940 e. The van der Waals surface area contributed by atoms with Gasteiger partial charge in [-0.2, -0.15) is 0 Å². The van der Waals surface area contributed by atoms with Crippen molar-refractivity contribution in [2.75, 3.05) is 20.3 Å². The third kappa shape index (κ3) is 2.41. The molecule has 0 aromatic heterocycles. The Morgan fingerprint density at radius 3 is 2.44 bits per heavy atom. The highest BCUT2D eigenvalue weighted by atomic mass is 16.5. The Kier molecular flexibility index (Phi) is 4.22. The molecule has 0 spiro atoms. The van der Waals surface area contributed by atoms with Gasteiger partial charge in [0.25, 0.3) is 0 Å². The topological polar surface area (TPSA) is 38.7 Å². The Labute approximate surface area is 98.1 Å². The summed E-state index contributed by atoms with van der Waals surface area (Å²) < 4.78 is 11.1. The van der Waals surface area contributed by atoms with E-state index in [1.54, 1.807) is 7.11 Å². The highest BCUT2D eigenvalue weighted by Gasteiger charge is 2.43. The number of aliphatic hydroxyl groups excluding tert-OH is 1. The summed E-state index contributed by atoms with van der Waals surface area (Å²) in [6.45, 7) is 1.49. The molecule has 2 unspecified atom stereocenters. The molecule has 1 aliphatic heterocycles. The second-order valence-corrected chi connectivity index (χ2v) is 5.25. The molecular weight excluding hydrogens is 204 g/mol. The van der Waals surface area contributed by atoms with Crippen LogP contribution in [0.15, 0.2) is 0 Å². The van der Waals surface area contributed by atoms with Gasteiger partial charge in [-0.15, -0.1) is 0 Å². The Morgan fingerprint density at radius 2 is 1.94 bits per heavy atom. The molecule has 16 heavy (non-hydrogen) atoms. The monoisotopic (exact) mass is 228 g/mol. The molecule has 0 amide bonds. The van der Waals surface area contributed by atoms with Gasteiger partial charge in [0.05, 0.1) is 18.3 Å².